The maximum atomic E-state index is 5.30. The summed E-state index contributed by atoms with van der Waals surface area (Å²) < 4.78 is 5.30. The van der Waals surface area contributed by atoms with Crippen LogP contribution < -0.4 is 5.32 Å². The number of nitrogens with one attached hydrogen (secondary N) is 1. The van der Waals surface area contributed by atoms with Crippen molar-refractivity contribution >= 4 is 11.8 Å². The Balaban J connectivity index is 1.99. The lowest BCUT2D eigenvalue weighted by molar-refractivity contribution is 0.144. The van der Waals surface area contributed by atoms with E-state index in [0.717, 1.165) is 37.5 Å². The van der Waals surface area contributed by atoms with Crippen molar-refractivity contribution in [3.63, 3.8) is 0 Å². The van der Waals surface area contributed by atoms with Crippen molar-refractivity contribution in [3.8, 4) is 0 Å². The number of thioether (sulfide) groups is 1. The predicted octanol–water partition coefficient (Wildman–Crippen LogP) is 2.29. The predicted molar refractivity (Wildman–Crippen MR) is 64.1 cm³/mol. The van der Waals surface area contributed by atoms with Crippen molar-refractivity contribution in [1.29, 1.82) is 0 Å². The lowest BCUT2D eigenvalue weighted by Crippen LogP contribution is -2.39. The fourth-order valence-corrected chi connectivity index (χ4v) is 2.97. The van der Waals surface area contributed by atoms with Gasteiger partial charge in [-0.2, -0.15) is 11.8 Å². The summed E-state index contributed by atoms with van der Waals surface area (Å²) in [6, 6.07) is 0.732. The van der Waals surface area contributed by atoms with Gasteiger partial charge in [0.25, 0.3) is 0 Å². The van der Waals surface area contributed by atoms with Crippen molar-refractivity contribution in [1.82, 2.24) is 5.32 Å². The van der Waals surface area contributed by atoms with Gasteiger partial charge in [-0.15, -0.1) is 0 Å². The normalized spacial score (nSPS) is 27.9. The van der Waals surface area contributed by atoms with Crippen molar-refractivity contribution in [2.75, 3.05) is 25.5 Å². The standard InChI is InChI=1S/C11H23NOS/c1-3-13-8-5-7-12-11-6-4-9-14-10(11)2/h10-12H,3-9H2,1-2H3. The summed E-state index contributed by atoms with van der Waals surface area (Å²) in [5.74, 6) is 1.35. The van der Waals surface area contributed by atoms with E-state index in [1.807, 2.05) is 6.92 Å². The molecule has 0 radical (unpaired) electrons. The van der Waals surface area contributed by atoms with E-state index in [9.17, 15) is 0 Å². The average Bonchev–Trinajstić information content (AvgIpc) is 2.20. The second-order valence-electron chi connectivity index (χ2n) is 3.83. The van der Waals surface area contributed by atoms with Crippen LogP contribution in [0.4, 0.5) is 0 Å². The molecule has 0 aromatic heterocycles. The fourth-order valence-electron chi connectivity index (χ4n) is 1.80. The molecule has 0 amide bonds. The van der Waals surface area contributed by atoms with Crippen molar-refractivity contribution in [2.45, 2.75) is 44.4 Å². The van der Waals surface area contributed by atoms with E-state index in [1.54, 1.807) is 0 Å². The third-order valence-electron chi connectivity index (χ3n) is 2.68. The summed E-state index contributed by atoms with van der Waals surface area (Å²) in [4.78, 5) is 0. The molecule has 1 rings (SSSR count). The zero-order valence-electron chi connectivity index (χ0n) is 9.42. The molecule has 0 spiro atoms. The highest BCUT2D eigenvalue weighted by atomic mass is 32.2. The van der Waals surface area contributed by atoms with Crippen molar-refractivity contribution in [2.24, 2.45) is 0 Å². The quantitative estimate of drug-likeness (QED) is 0.690. The van der Waals surface area contributed by atoms with E-state index in [2.05, 4.69) is 24.0 Å². The first-order valence-electron chi connectivity index (χ1n) is 5.77. The van der Waals surface area contributed by atoms with E-state index < -0.39 is 0 Å². The Labute approximate surface area is 92.2 Å². The van der Waals surface area contributed by atoms with Crippen LogP contribution in [0.5, 0.6) is 0 Å². The molecule has 1 fully saturated rings. The first-order chi connectivity index (χ1) is 6.84. The van der Waals surface area contributed by atoms with Crippen LogP contribution in [-0.2, 0) is 4.74 Å². The Bertz CT molecular complexity index is 143. The molecular formula is C11H23NOS. The second kappa shape index (κ2) is 7.55. The third kappa shape index (κ3) is 4.67. The zero-order chi connectivity index (χ0) is 10.2. The molecule has 2 atom stereocenters. The summed E-state index contributed by atoms with van der Waals surface area (Å²) in [7, 11) is 0. The average molecular weight is 217 g/mol. The number of hydrogen-bond donors (Lipinski definition) is 1. The minimum atomic E-state index is 0.732. The molecule has 2 unspecified atom stereocenters. The molecule has 2 nitrogen and oxygen atoms in total. The Morgan fingerprint density at radius 2 is 2.36 bits per heavy atom. The van der Waals surface area contributed by atoms with Gasteiger partial charge in [-0.25, -0.2) is 0 Å². The van der Waals surface area contributed by atoms with Gasteiger partial charge in [0.05, 0.1) is 0 Å². The Kier molecular flexibility index (Phi) is 6.65. The summed E-state index contributed by atoms with van der Waals surface area (Å²) >= 11 is 2.10. The Morgan fingerprint density at radius 1 is 1.50 bits per heavy atom. The van der Waals surface area contributed by atoms with Crippen LogP contribution in [-0.4, -0.2) is 36.8 Å². The minimum absolute atomic E-state index is 0.732. The van der Waals surface area contributed by atoms with Gasteiger partial charge in [0.2, 0.25) is 0 Å². The molecule has 84 valence electrons. The third-order valence-corrected chi connectivity index (χ3v) is 4.06. The lowest BCUT2D eigenvalue weighted by Gasteiger charge is -2.29. The van der Waals surface area contributed by atoms with Crippen molar-refractivity contribution in [3.05, 3.63) is 0 Å². The van der Waals surface area contributed by atoms with Gasteiger partial charge in [0.15, 0.2) is 0 Å². The molecule has 3 heteroatoms. The van der Waals surface area contributed by atoms with Gasteiger partial charge in [-0.1, -0.05) is 6.92 Å². The number of ether oxygens (including phenoxy) is 1. The van der Waals surface area contributed by atoms with Crippen LogP contribution in [0, 0.1) is 0 Å². The van der Waals surface area contributed by atoms with Crippen LogP contribution >= 0.6 is 11.8 Å². The van der Waals surface area contributed by atoms with E-state index in [0.29, 0.717) is 0 Å². The largest absolute Gasteiger partial charge is 0.382 e. The molecule has 0 aliphatic carbocycles. The fraction of sp³-hybridized carbons (Fsp3) is 1.00. The monoisotopic (exact) mass is 217 g/mol. The Hall–Kier alpha value is 0.270. The topological polar surface area (TPSA) is 21.3 Å². The molecule has 1 saturated heterocycles. The first-order valence-corrected chi connectivity index (χ1v) is 6.82. The Morgan fingerprint density at radius 3 is 3.07 bits per heavy atom. The maximum Gasteiger partial charge on any atom is 0.0477 e. The summed E-state index contributed by atoms with van der Waals surface area (Å²) in [6.45, 7) is 7.24. The first kappa shape index (κ1) is 12.3. The van der Waals surface area contributed by atoms with Gasteiger partial charge in [-0.3, -0.25) is 0 Å². The van der Waals surface area contributed by atoms with E-state index in [4.69, 9.17) is 4.74 Å². The summed E-state index contributed by atoms with van der Waals surface area (Å²) in [5.41, 5.74) is 0. The molecule has 1 aliphatic rings. The number of rotatable bonds is 6. The minimum Gasteiger partial charge on any atom is -0.382 e. The number of hydrogen-bond acceptors (Lipinski definition) is 3. The molecular weight excluding hydrogens is 194 g/mol. The van der Waals surface area contributed by atoms with Gasteiger partial charge in [0, 0.05) is 24.5 Å². The molecule has 1 aliphatic heterocycles. The van der Waals surface area contributed by atoms with E-state index in [1.165, 1.54) is 18.6 Å². The van der Waals surface area contributed by atoms with Crippen LogP contribution in [0.1, 0.15) is 33.1 Å². The SMILES string of the molecule is CCOCCCNC1CCCSC1C. The zero-order valence-corrected chi connectivity index (χ0v) is 10.2. The van der Waals surface area contributed by atoms with Gasteiger partial charge < -0.3 is 10.1 Å². The highest BCUT2D eigenvalue weighted by molar-refractivity contribution is 7.99. The summed E-state index contributed by atoms with van der Waals surface area (Å²) in [6.07, 6.45) is 3.86. The van der Waals surface area contributed by atoms with E-state index in [-0.39, 0.29) is 0 Å². The van der Waals surface area contributed by atoms with Gasteiger partial charge in [0.1, 0.15) is 0 Å². The molecule has 1 heterocycles. The van der Waals surface area contributed by atoms with Crippen LogP contribution in [0.3, 0.4) is 0 Å². The maximum absolute atomic E-state index is 5.30. The van der Waals surface area contributed by atoms with Gasteiger partial charge in [-0.05, 0) is 38.5 Å². The molecule has 1 N–H and O–H groups in total. The van der Waals surface area contributed by atoms with Crippen LogP contribution in [0.15, 0.2) is 0 Å². The smallest absolute Gasteiger partial charge is 0.0477 e. The second-order valence-corrected chi connectivity index (χ2v) is 5.31. The van der Waals surface area contributed by atoms with Crippen LogP contribution in [0.2, 0.25) is 0 Å². The molecule has 0 saturated carbocycles. The molecule has 0 bridgehead atoms. The summed E-state index contributed by atoms with van der Waals surface area (Å²) in [5, 5.41) is 4.42. The lowest BCUT2D eigenvalue weighted by atomic mass is 10.1. The van der Waals surface area contributed by atoms with Crippen LogP contribution in [0.25, 0.3) is 0 Å². The highest BCUT2D eigenvalue weighted by Crippen LogP contribution is 2.24. The molecule has 0 aromatic rings. The van der Waals surface area contributed by atoms with Crippen molar-refractivity contribution < 1.29 is 4.74 Å². The molecule has 0 aromatic carbocycles. The van der Waals surface area contributed by atoms with E-state index >= 15 is 0 Å². The molecule has 14 heavy (non-hydrogen) atoms. The van der Waals surface area contributed by atoms with Gasteiger partial charge >= 0.3 is 0 Å². The highest BCUT2D eigenvalue weighted by Gasteiger charge is 2.20.